The molecule has 0 rings (SSSR count). The molecule has 0 aromatic carbocycles. The van der Waals surface area contributed by atoms with Gasteiger partial charge < -0.3 is 16.4 Å². The predicted molar refractivity (Wildman–Crippen MR) is 59.2 cm³/mol. The van der Waals surface area contributed by atoms with Crippen molar-refractivity contribution in [2.75, 3.05) is 6.54 Å². The fourth-order valence-corrected chi connectivity index (χ4v) is 0.909. The molecular weight excluding hydrogens is 194 g/mol. The topological polar surface area (TPSA) is 84.2 Å². The maximum absolute atomic E-state index is 11.3. The molecule has 88 valence electrons. The summed E-state index contributed by atoms with van der Waals surface area (Å²) in [6, 6.07) is -0.343. The number of rotatable bonds is 6. The van der Waals surface area contributed by atoms with Crippen LogP contribution in [-0.4, -0.2) is 30.4 Å². The summed E-state index contributed by atoms with van der Waals surface area (Å²) in [6.07, 6.45) is 1.20. The predicted octanol–water partition coefficient (Wildman–Crippen LogP) is -0.245. The molecule has 0 bridgehead atoms. The van der Waals surface area contributed by atoms with Gasteiger partial charge in [0.15, 0.2) is 0 Å². The molecule has 0 aliphatic heterocycles. The van der Waals surface area contributed by atoms with Gasteiger partial charge in [-0.05, 0) is 20.3 Å². The number of hydrogen-bond acceptors (Lipinski definition) is 3. The standard InChI is InChI=1S/C10H21N3O2/c1-4-7(2)13-9(14)5-6-12-10(15)8(3)11/h7-8H,4-6,11H2,1-3H3,(H,12,15)(H,13,14)/t7?,8-/m1/s1. The largest absolute Gasteiger partial charge is 0.354 e. The molecule has 15 heavy (non-hydrogen) atoms. The average Bonchev–Trinajstić information content (AvgIpc) is 2.17. The lowest BCUT2D eigenvalue weighted by Gasteiger charge is -2.12. The van der Waals surface area contributed by atoms with Crippen molar-refractivity contribution in [1.29, 1.82) is 0 Å². The van der Waals surface area contributed by atoms with Crippen LogP contribution in [-0.2, 0) is 9.59 Å². The van der Waals surface area contributed by atoms with Gasteiger partial charge in [-0.25, -0.2) is 0 Å². The van der Waals surface area contributed by atoms with Gasteiger partial charge in [0.25, 0.3) is 0 Å². The summed E-state index contributed by atoms with van der Waals surface area (Å²) < 4.78 is 0. The highest BCUT2D eigenvalue weighted by Crippen LogP contribution is 1.89. The fourth-order valence-electron chi connectivity index (χ4n) is 0.909. The van der Waals surface area contributed by atoms with Crippen LogP contribution in [0, 0.1) is 0 Å². The minimum atomic E-state index is -0.525. The smallest absolute Gasteiger partial charge is 0.236 e. The molecule has 1 unspecified atom stereocenters. The Bertz CT molecular complexity index is 217. The van der Waals surface area contributed by atoms with Gasteiger partial charge in [-0.1, -0.05) is 6.92 Å². The van der Waals surface area contributed by atoms with Gasteiger partial charge in [-0.3, -0.25) is 9.59 Å². The van der Waals surface area contributed by atoms with Crippen LogP contribution in [0.1, 0.15) is 33.6 Å². The van der Waals surface area contributed by atoms with E-state index in [4.69, 9.17) is 5.73 Å². The Balaban J connectivity index is 3.60. The van der Waals surface area contributed by atoms with Crippen molar-refractivity contribution in [3.05, 3.63) is 0 Å². The molecule has 4 N–H and O–H groups in total. The number of nitrogens with one attached hydrogen (secondary N) is 2. The van der Waals surface area contributed by atoms with Gasteiger partial charge >= 0.3 is 0 Å². The SMILES string of the molecule is CCC(C)NC(=O)CCNC(=O)[C@@H](C)N. The van der Waals surface area contributed by atoms with Gasteiger partial charge in [-0.15, -0.1) is 0 Å². The molecule has 0 aromatic rings. The Kier molecular flexibility index (Phi) is 6.70. The molecule has 0 saturated carbocycles. The van der Waals surface area contributed by atoms with Crippen molar-refractivity contribution in [2.45, 2.75) is 45.7 Å². The van der Waals surface area contributed by atoms with Crippen LogP contribution in [0.15, 0.2) is 0 Å². The van der Waals surface area contributed by atoms with Crippen LogP contribution >= 0.6 is 0 Å². The fraction of sp³-hybridized carbons (Fsp3) is 0.800. The van der Waals surface area contributed by atoms with Crippen molar-refractivity contribution in [1.82, 2.24) is 10.6 Å². The first kappa shape index (κ1) is 13.9. The zero-order valence-corrected chi connectivity index (χ0v) is 9.67. The summed E-state index contributed by atoms with van der Waals surface area (Å²) in [6.45, 7) is 5.89. The van der Waals surface area contributed by atoms with Crippen molar-refractivity contribution in [3.8, 4) is 0 Å². The highest BCUT2D eigenvalue weighted by atomic mass is 16.2. The van der Waals surface area contributed by atoms with E-state index in [1.165, 1.54) is 0 Å². The van der Waals surface area contributed by atoms with Crippen LogP contribution in [0.3, 0.4) is 0 Å². The third kappa shape index (κ3) is 6.90. The number of carbonyl (C=O) groups is 2. The second-order valence-corrected chi connectivity index (χ2v) is 3.71. The lowest BCUT2D eigenvalue weighted by molar-refractivity contribution is -0.123. The molecule has 2 atom stereocenters. The third-order valence-corrected chi connectivity index (χ3v) is 2.08. The molecule has 0 heterocycles. The molecule has 0 aromatic heterocycles. The number of carbonyl (C=O) groups excluding carboxylic acids is 2. The molecule has 0 aliphatic carbocycles. The van der Waals surface area contributed by atoms with Crippen LogP contribution in [0.2, 0.25) is 0 Å². The Morgan fingerprint density at radius 3 is 2.40 bits per heavy atom. The van der Waals surface area contributed by atoms with E-state index >= 15 is 0 Å². The molecule has 5 heteroatoms. The van der Waals surface area contributed by atoms with Gasteiger partial charge in [0.1, 0.15) is 0 Å². The first-order valence-corrected chi connectivity index (χ1v) is 5.30. The molecule has 0 saturated heterocycles. The zero-order chi connectivity index (χ0) is 11.8. The monoisotopic (exact) mass is 215 g/mol. The number of hydrogen-bond donors (Lipinski definition) is 3. The molecule has 0 aliphatic rings. The van der Waals surface area contributed by atoms with E-state index < -0.39 is 6.04 Å². The normalized spacial score (nSPS) is 14.1. The maximum Gasteiger partial charge on any atom is 0.236 e. The van der Waals surface area contributed by atoms with E-state index in [2.05, 4.69) is 10.6 Å². The highest BCUT2D eigenvalue weighted by Gasteiger charge is 2.08. The molecule has 2 amide bonds. The van der Waals surface area contributed by atoms with Gasteiger partial charge in [0.2, 0.25) is 11.8 Å². The summed E-state index contributed by atoms with van der Waals surface area (Å²) >= 11 is 0. The molecule has 0 fully saturated rings. The van der Waals surface area contributed by atoms with Crippen molar-refractivity contribution < 1.29 is 9.59 Å². The Hall–Kier alpha value is -1.10. The Morgan fingerprint density at radius 2 is 1.93 bits per heavy atom. The zero-order valence-electron chi connectivity index (χ0n) is 9.67. The summed E-state index contributed by atoms with van der Waals surface area (Å²) in [5.41, 5.74) is 5.34. The Labute approximate surface area is 90.8 Å². The van der Waals surface area contributed by atoms with Crippen LogP contribution < -0.4 is 16.4 Å². The molecule has 0 radical (unpaired) electrons. The molecular formula is C10H21N3O2. The summed E-state index contributed by atoms with van der Waals surface area (Å²) in [5, 5.41) is 5.39. The van der Waals surface area contributed by atoms with Gasteiger partial charge in [0.05, 0.1) is 6.04 Å². The second kappa shape index (κ2) is 7.23. The number of amides is 2. The van der Waals surface area contributed by atoms with E-state index in [-0.39, 0.29) is 17.9 Å². The van der Waals surface area contributed by atoms with E-state index in [1.54, 1.807) is 6.92 Å². The highest BCUT2D eigenvalue weighted by molar-refractivity contribution is 5.82. The first-order chi connectivity index (χ1) is 6.97. The first-order valence-electron chi connectivity index (χ1n) is 5.30. The van der Waals surface area contributed by atoms with Crippen molar-refractivity contribution in [3.63, 3.8) is 0 Å². The lowest BCUT2D eigenvalue weighted by Crippen LogP contribution is -2.40. The van der Waals surface area contributed by atoms with E-state index in [0.717, 1.165) is 6.42 Å². The van der Waals surface area contributed by atoms with Gasteiger partial charge in [-0.2, -0.15) is 0 Å². The summed E-state index contributed by atoms with van der Waals surface area (Å²) in [5.74, 6) is -0.277. The van der Waals surface area contributed by atoms with Crippen LogP contribution in [0.4, 0.5) is 0 Å². The van der Waals surface area contributed by atoms with E-state index in [9.17, 15) is 9.59 Å². The molecule has 0 spiro atoms. The minimum absolute atomic E-state index is 0.0469. The number of nitrogens with two attached hydrogens (primary N) is 1. The molecule has 5 nitrogen and oxygen atoms in total. The summed E-state index contributed by atoms with van der Waals surface area (Å²) in [4.78, 5) is 22.3. The van der Waals surface area contributed by atoms with Crippen molar-refractivity contribution in [2.24, 2.45) is 5.73 Å². The lowest BCUT2D eigenvalue weighted by atomic mass is 10.2. The quantitative estimate of drug-likeness (QED) is 0.571. The second-order valence-electron chi connectivity index (χ2n) is 3.71. The van der Waals surface area contributed by atoms with Crippen LogP contribution in [0.5, 0.6) is 0 Å². The minimum Gasteiger partial charge on any atom is -0.354 e. The van der Waals surface area contributed by atoms with Gasteiger partial charge in [0, 0.05) is 19.0 Å². The summed E-state index contributed by atoms with van der Waals surface area (Å²) in [7, 11) is 0. The maximum atomic E-state index is 11.3. The van der Waals surface area contributed by atoms with Crippen molar-refractivity contribution >= 4 is 11.8 Å². The van der Waals surface area contributed by atoms with Crippen LogP contribution in [0.25, 0.3) is 0 Å². The Morgan fingerprint density at radius 1 is 1.33 bits per heavy atom. The van der Waals surface area contributed by atoms with E-state index in [1.807, 2.05) is 13.8 Å². The van der Waals surface area contributed by atoms with E-state index in [0.29, 0.717) is 13.0 Å². The average molecular weight is 215 g/mol. The third-order valence-electron chi connectivity index (χ3n) is 2.08.